The number of nitrogens with zero attached hydrogens (tertiary/aromatic N) is 5. The standard InChI is InChI=1S/C27H27N7O5/c1-17-24(26(37)34(32(17)2)18-6-4-3-5-7-18)25(36)30-22-9-8-21(15-29-22)39-20-10-12-28-23(14-20)31-27(38)33-13-11-19(35)16-33/h3-10,12,14-15,19,35H,11,13,16H2,1-2H3,(H,28,31,38)(H,29,30,36). The minimum atomic E-state index is -0.566. The fraction of sp³-hybridized carbons (Fsp3) is 0.222. The van der Waals surface area contributed by atoms with E-state index >= 15 is 0 Å². The van der Waals surface area contributed by atoms with E-state index in [2.05, 4.69) is 20.6 Å². The lowest BCUT2D eigenvalue weighted by Gasteiger charge is -2.16. The predicted octanol–water partition coefficient (Wildman–Crippen LogP) is 2.92. The SMILES string of the molecule is Cc1c(C(=O)Nc2ccc(Oc3ccnc(NC(=O)N4CCC(O)C4)c3)cn2)c(=O)n(-c2ccccc2)n1C. The van der Waals surface area contributed by atoms with Crippen LogP contribution >= 0.6 is 0 Å². The first-order chi connectivity index (χ1) is 18.8. The summed E-state index contributed by atoms with van der Waals surface area (Å²) < 4.78 is 8.89. The molecule has 4 heterocycles. The molecular formula is C27H27N7O5. The summed E-state index contributed by atoms with van der Waals surface area (Å²) in [6.07, 6.45) is 2.96. The summed E-state index contributed by atoms with van der Waals surface area (Å²) in [5, 5.41) is 15.0. The molecule has 5 rings (SSSR count). The molecule has 0 saturated carbocycles. The van der Waals surface area contributed by atoms with Gasteiger partial charge in [0.2, 0.25) is 0 Å². The quantitative estimate of drug-likeness (QED) is 0.348. The van der Waals surface area contributed by atoms with Crippen LogP contribution in [0.15, 0.2) is 71.8 Å². The van der Waals surface area contributed by atoms with Crippen molar-refractivity contribution in [2.75, 3.05) is 23.7 Å². The summed E-state index contributed by atoms with van der Waals surface area (Å²) in [5.74, 6) is 0.791. The third-order valence-electron chi connectivity index (χ3n) is 6.41. The number of rotatable bonds is 6. The number of pyridine rings is 2. The molecule has 12 nitrogen and oxygen atoms in total. The molecule has 0 radical (unpaired) electrons. The molecule has 0 aliphatic carbocycles. The van der Waals surface area contributed by atoms with Gasteiger partial charge in [-0.05, 0) is 43.7 Å². The number of likely N-dealkylation sites (tertiary alicyclic amines) is 1. The lowest BCUT2D eigenvalue weighted by atomic mass is 10.2. The third-order valence-corrected chi connectivity index (χ3v) is 6.41. The number of amides is 3. The number of anilines is 2. The molecule has 4 aromatic rings. The highest BCUT2D eigenvalue weighted by molar-refractivity contribution is 6.04. The van der Waals surface area contributed by atoms with Crippen LogP contribution in [0.3, 0.4) is 0 Å². The van der Waals surface area contributed by atoms with Gasteiger partial charge in [-0.3, -0.25) is 19.6 Å². The number of β-amino-alcohol motifs (C(OH)–C–C–N with tert-alkyl or cyclic N) is 1. The van der Waals surface area contributed by atoms with E-state index in [-0.39, 0.29) is 24.0 Å². The normalized spacial score (nSPS) is 14.7. The molecule has 39 heavy (non-hydrogen) atoms. The molecule has 200 valence electrons. The number of hydrogen-bond donors (Lipinski definition) is 3. The number of urea groups is 1. The van der Waals surface area contributed by atoms with E-state index in [1.807, 2.05) is 18.2 Å². The van der Waals surface area contributed by atoms with E-state index in [4.69, 9.17) is 4.74 Å². The molecule has 1 unspecified atom stereocenters. The molecule has 3 aromatic heterocycles. The van der Waals surface area contributed by atoms with Crippen LogP contribution < -0.4 is 20.9 Å². The topological polar surface area (TPSA) is 144 Å². The number of ether oxygens (including phenoxy) is 1. The highest BCUT2D eigenvalue weighted by Gasteiger charge is 2.25. The summed E-state index contributed by atoms with van der Waals surface area (Å²) in [6, 6.07) is 15.1. The molecule has 1 aliphatic heterocycles. The van der Waals surface area contributed by atoms with Crippen LogP contribution in [0.5, 0.6) is 11.5 Å². The Morgan fingerprint density at radius 2 is 1.82 bits per heavy atom. The van der Waals surface area contributed by atoms with Crippen molar-refractivity contribution in [2.45, 2.75) is 19.4 Å². The van der Waals surface area contributed by atoms with Crippen LogP contribution in [-0.4, -0.2) is 60.5 Å². The molecular weight excluding hydrogens is 502 g/mol. The molecule has 3 N–H and O–H groups in total. The van der Waals surface area contributed by atoms with Crippen LogP contribution in [-0.2, 0) is 7.05 Å². The van der Waals surface area contributed by atoms with Crippen molar-refractivity contribution in [1.29, 1.82) is 0 Å². The van der Waals surface area contributed by atoms with E-state index in [1.165, 1.54) is 22.0 Å². The van der Waals surface area contributed by atoms with Crippen molar-refractivity contribution >= 4 is 23.6 Å². The largest absolute Gasteiger partial charge is 0.456 e. The second-order valence-corrected chi connectivity index (χ2v) is 9.07. The van der Waals surface area contributed by atoms with E-state index < -0.39 is 17.6 Å². The zero-order valence-corrected chi connectivity index (χ0v) is 21.4. The maximum atomic E-state index is 13.1. The van der Waals surface area contributed by atoms with Crippen LogP contribution in [0.2, 0.25) is 0 Å². The van der Waals surface area contributed by atoms with Crippen molar-refractivity contribution in [3.8, 4) is 17.2 Å². The fourth-order valence-corrected chi connectivity index (χ4v) is 4.32. The average molecular weight is 530 g/mol. The second-order valence-electron chi connectivity index (χ2n) is 9.07. The Hall–Kier alpha value is -4.97. The van der Waals surface area contributed by atoms with Gasteiger partial charge in [-0.1, -0.05) is 18.2 Å². The number of aliphatic hydroxyl groups is 1. The van der Waals surface area contributed by atoms with Crippen LogP contribution in [0.1, 0.15) is 22.5 Å². The zero-order chi connectivity index (χ0) is 27.5. The van der Waals surface area contributed by atoms with Crippen molar-refractivity contribution in [1.82, 2.24) is 24.2 Å². The number of para-hydroxylation sites is 1. The lowest BCUT2D eigenvalue weighted by Crippen LogP contribution is -2.33. The first-order valence-electron chi connectivity index (χ1n) is 12.3. The van der Waals surface area contributed by atoms with Gasteiger partial charge in [0.15, 0.2) is 0 Å². The molecule has 1 saturated heterocycles. The molecule has 1 aromatic carbocycles. The number of carbonyl (C=O) groups is 2. The van der Waals surface area contributed by atoms with Gasteiger partial charge in [0.05, 0.1) is 23.7 Å². The van der Waals surface area contributed by atoms with Gasteiger partial charge in [-0.25, -0.2) is 19.4 Å². The monoisotopic (exact) mass is 529 g/mol. The average Bonchev–Trinajstić information content (AvgIpc) is 3.46. The third kappa shape index (κ3) is 5.50. The Balaban J connectivity index is 1.24. The van der Waals surface area contributed by atoms with E-state index in [0.29, 0.717) is 41.7 Å². The molecule has 0 bridgehead atoms. The van der Waals surface area contributed by atoms with Crippen molar-refractivity contribution < 1.29 is 19.4 Å². The maximum absolute atomic E-state index is 13.1. The number of hydrogen-bond acceptors (Lipinski definition) is 7. The molecule has 0 spiro atoms. The first kappa shape index (κ1) is 25.7. The number of nitrogens with one attached hydrogen (secondary N) is 2. The van der Waals surface area contributed by atoms with Gasteiger partial charge in [0.25, 0.3) is 11.5 Å². The van der Waals surface area contributed by atoms with E-state index in [1.54, 1.807) is 55.1 Å². The molecule has 1 atom stereocenters. The molecule has 1 fully saturated rings. The highest BCUT2D eigenvalue weighted by atomic mass is 16.5. The highest BCUT2D eigenvalue weighted by Crippen LogP contribution is 2.24. The number of aliphatic hydroxyl groups excluding tert-OH is 1. The lowest BCUT2D eigenvalue weighted by molar-refractivity contribution is 0.102. The summed E-state index contributed by atoms with van der Waals surface area (Å²) in [4.78, 5) is 48.3. The van der Waals surface area contributed by atoms with Crippen LogP contribution in [0.25, 0.3) is 5.69 Å². The first-order valence-corrected chi connectivity index (χ1v) is 12.3. The summed E-state index contributed by atoms with van der Waals surface area (Å²) in [7, 11) is 1.72. The Labute approximate surface area is 223 Å². The maximum Gasteiger partial charge on any atom is 0.323 e. The molecule has 12 heteroatoms. The van der Waals surface area contributed by atoms with E-state index in [9.17, 15) is 19.5 Å². The second kappa shape index (κ2) is 10.8. The Kier molecular flexibility index (Phi) is 7.10. The summed E-state index contributed by atoms with van der Waals surface area (Å²) >= 11 is 0. The fourth-order valence-electron chi connectivity index (χ4n) is 4.32. The van der Waals surface area contributed by atoms with Gasteiger partial charge in [-0.15, -0.1) is 0 Å². The van der Waals surface area contributed by atoms with Crippen LogP contribution in [0.4, 0.5) is 16.4 Å². The van der Waals surface area contributed by atoms with Gasteiger partial charge in [0.1, 0.15) is 28.7 Å². The van der Waals surface area contributed by atoms with Crippen LogP contribution in [0, 0.1) is 6.92 Å². The van der Waals surface area contributed by atoms with Crippen molar-refractivity contribution in [3.05, 3.63) is 88.6 Å². The summed E-state index contributed by atoms with van der Waals surface area (Å²) in [6.45, 7) is 2.47. The molecule has 1 aliphatic rings. The number of aromatic nitrogens is 4. The number of benzene rings is 1. The van der Waals surface area contributed by atoms with Crippen molar-refractivity contribution in [2.24, 2.45) is 7.05 Å². The minimum absolute atomic E-state index is 0.0262. The number of carbonyl (C=O) groups excluding carboxylic acids is 2. The predicted molar refractivity (Wildman–Crippen MR) is 143 cm³/mol. The Morgan fingerprint density at radius 3 is 2.51 bits per heavy atom. The van der Waals surface area contributed by atoms with E-state index in [0.717, 1.165) is 0 Å². The Bertz CT molecular complexity index is 1560. The van der Waals surface area contributed by atoms with Crippen molar-refractivity contribution in [3.63, 3.8) is 0 Å². The minimum Gasteiger partial charge on any atom is -0.456 e. The Morgan fingerprint density at radius 1 is 1.03 bits per heavy atom. The smallest absolute Gasteiger partial charge is 0.323 e. The van der Waals surface area contributed by atoms with Gasteiger partial charge >= 0.3 is 6.03 Å². The zero-order valence-electron chi connectivity index (χ0n) is 21.4. The summed E-state index contributed by atoms with van der Waals surface area (Å²) in [5.41, 5.74) is 0.765. The molecule has 3 amide bonds. The van der Waals surface area contributed by atoms with Gasteiger partial charge in [-0.2, -0.15) is 0 Å². The van der Waals surface area contributed by atoms with Gasteiger partial charge in [0, 0.05) is 32.4 Å². The van der Waals surface area contributed by atoms with Gasteiger partial charge < -0.3 is 20.1 Å².